The first-order valence-corrected chi connectivity index (χ1v) is 7.18. The van der Waals surface area contributed by atoms with E-state index in [4.69, 9.17) is 13.8 Å². The minimum Gasteiger partial charge on any atom is -0.389 e. The lowest BCUT2D eigenvalue weighted by Gasteiger charge is -2.19. The van der Waals surface area contributed by atoms with Crippen LogP contribution in [0.25, 0.3) is 0 Å². The monoisotopic (exact) mass is 250 g/mol. The quantitative estimate of drug-likeness (QED) is 0.552. The Bertz CT molecular complexity index is 268. The molecule has 0 unspecified atom stereocenters. The van der Waals surface area contributed by atoms with Crippen LogP contribution >= 0.6 is 7.60 Å². The van der Waals surface area contributed by atoms with Crippen molar-refractivity contribution in [2.45, 2.75) is 32.5 Å². The fraction of sp³-hybridized carbons (Fsp3) is 0.800. The summed E-state index contributed by atoms with van der Waals surface area (Å²) >= 11 is 0. The van der Waals surface area contributed by atoms with Gasteiger partial charge in [0.2, 0.25) is 0 Å². The van der Waals surface area contributed by atoms with Crippen LogP contribution in [0.5, 0.6) is 0 Å². The second kappa shape index (κ2) is 6.52. The summed E-state index contributed by atoms with van der Waals surface area (Å²) < 4.78 is 27.5. The molecule has 0 saturated carbocycles. The number of aliphatic hydroxyl groups is 1. The van der Waals surface area contributed by atoms with Gasteiger partial charge in [-0.1, -0.05) is 12.2 Å². The highest BCUT2D eigenvalue weighted by Gasteiger charge is 2.27. The largest absolute Gasteiger partial charge is 0.389 e. The minimum absolute atomic E-state index is 0.0730. The van der Waals surface area contributed by atoms with Gasteiger partial charge in [-0.3, -0.25) is 4.57 Å². The first-order chi connectivity index (χ1) is 7.59. The Morgan fingerprint density at radius 3 is 2.38 bits per heavy atom. The lowest BCUT2D eigenvalue weighted by molar-refractivity contribution is 0.0740. The van der Waals surface area contributed by atoms with Crippen LogP contribution in [-0.2, 0) is 18.3 Å². The Labute approximate surface area is 95.9 Å². The highest BCUT2D eigenvalue weighted by atomic mass is 31.2. The Balaban J connectivity index is 2.38. The molecule has 1 rings (SSSR count). The third-order valence-corrected chi connectivity index (χ3v) is 3.89. The van der Waals surface area contributed by atoms with Crippen LogP contribution in [0.2, 0.25) is 0 Å². The topological polar surface area (TPSA) is 65.0 Å². The zero-order valence-corrected chi connectivity index (χ0v) is 10.6. The van der Waals surface area contributed by atoms with E-state index in [1.165, 1.54) is 0 Å². The molecule has 0 aliphatic heterocycles. The van der Waals surface area contributed by atoms with E-state index in [1.807, 2.05) is 0 Å². The molecular weight excluding hydrogens is 231 g/mol. The maximum Gasteiger partial charge on any atom is 0.356 e. The number of aliphatic hydroxyl groups excluding tert-OH is 1. The molecule has 0 amide bonds. The number of ether oxygens (including phenoxy) is 1. The molecule has 0 aromatic carbocycles. The summed E-state index contributed by atoms with van der Waals surface area (Å²) in [6.07, 6.45) is 3.17. The summed E-state index contributed by atoms with van der Waals surface area (Å²) in [4.78, 5) is 0. The van der Waals surface area contributed by atoms with E-state index < -0.39 is 13.7 Å². The Morgan fingerprint density at radius 1 is 1.31 bits per heavy atom. The molecule has 6 heteroatoms. The van der Waals surface area contributed by atoms with E-state index in [9.17, 15) is 9.67 Å². The van der Waals surface area contributed by atoms with Crippen LogP contribution in [0, 0.1) is 0 Å². The average molecular weight is 250 g/mol. The zero-order chi connectivity index (χ0) is 12.0. The molecule has 16 heavy (non-hydrogen) atoms. The maximum atomic E-state index is 12.0. The third-order valence-electron chi connectivity index (χ3n) is 2.12. The minimum atomic E-state index is -3.13. The van der Waals surface area contributed by atoms with Crippen molar-refractivity contribution in [3.8, 4) is 0 Å². The molecule has 0 saturated heterocycles. The van der Waals surface area contributed by atoms with E-state index in [0.717, 1.165) is 0 Å². The first-order valence-electron chi connectivity index (χ1n) is 5.45. The molecule has 0 aromatic heterocycles. The van der Waals surface area contributed by atoms with Gasteiger partial charge in [0, 0.05) is 6.42 Å². The Morgan fingerprint density at radius 2 is 1.94 bits per heavy atom. The smallest absolute Gasteiger partial charge is 0.356 e. The van der Waals surface area contributed by atoms with Crippen molar-refractivity contribution >= 4 is 7.60 Å². The molecule has 0 heterocycles. The number of rotatable bonds is 7. The van der Waals surface area contributed by atoms with Crippen LogP contribution < -0.4 is 0 Å². The normalized spacial score (nSPS) is 25.2. The second-order valence-electron chi connectivity index (χ2n) is 3.47. The summed E-state index contributed by atoms with van der Waals surface area (Å²) in [5.41, 5.74) is 0. The van der Waals surface area contributed by atoms with Crippen molar-refractivity contribution in [2.24, 2.45) is 0 Å². The summed E-state index contributed by atoms with van der Waals surface area (Å²) in [5.74, 6) is 0. The van der Waals surface area contributed by atoms with Gasteiger partial charge in [-0.05, 0) is 13.8 Å². The lowest BCUT2D eigenvalue weighted by atomic mass is 10.3. The van der Waals surface area contributed by atoms with Crippen molar-refractivity contribution in [1.82, 2.24) is 0 Å². The highest BCUT2D eigenvalue weighted by Crippen LogP contribution is 2.48. The van der Waals surface area contributed by atoms with E-state index in [2.05, 4.69) is 0 Å². The standard InChI is InChI=1S/C10H19O5P/c1-3-14-16(12,15-4-2)8-13-10-6-5-9(11)7-10/h5-6,9-11H,3-4,7-8H2,1-2H3/t9-,10-/m1/s1. The highest BCUT2D eigenvalue weighted by molar-refractivity contribution is 7.53. The summed E-state index contributed by atoms with van der Waals surface area (Å²) in [5, 5.41) is 9.24. The predicted octanol–water partition coefficient (Wildman–Crippen LogP) is 1.92. The zero-order valence-electron chi connectivity index (χ0n) is 9.67. The van der Waals surface area contributed by atoms with E-state index in [0.29, 0.717) is 19.6 Å². The Hall–Kier alpha value is -0.190. The van der Waals surface area contributed by atoms with Crippen molar-refractivity contribution in [3.63, 3.8) is 0 Å². The van der Waals surface area contributed by atoms with Crippen LogP contribution in [0.3, 0.4) is 0 Å². The molecule has 1 N–H and O–H groups in total. The molecule has 94 valence electrons. The molecule has 0 radical (unpaired) electrons. The molecule has 1 aliphatic rings. The lowest BCUT2D eigenvalue weighted by Crippen LogP contribution is -2.13. The number of hydrogen-bond donors (Lipinski definition) is 1. The molecule has 0 fully saturated rings. The summed E-state index contributed by atoms with van der Waals surface area (Å²) in [6, 6.07) is 0. The fourth-order valence-corrected chi connectivity index (χ4v) is 2.85. The third kappa shape index (κ3) is 4.36. The van der Waals surface area contributed by atoms with Gasteiger partial charge in [0.25, 0.3) is 0 Å². The summed E-state index contributed by atoms with van der Waals surface area (Å²) in [6.45, 7) is 4.16. The van der Waals surface area contributed by atoms with Gasteiger partial charge in [-0.15, -0.1) is 0 Å². The van der Waals surface area contributed by atoms with Crippen LogP contribution in [0.1, 0.15) is 20.3 Å². The average Bonchev–Trinajstić information content (AvgIpc) is 2.62. The van der Waals surface area contributed by atoms with Crippen LogP contribution in [-0.4, -0.2) is 36.9 Å². The van der Waals surface area contributed by atoms with E-state index in [1.54, 1.807) is 26.0 Å². The van der Waals surface area contributed by atoms with Crippen molar-refractivity contribution in [1.29, 1.82) is 0 Å². The summed E-state index contributed by atoms with van der Waals surface area (Å²) in [7, 11) is -3.13. The van der Waals surface area contributed by atoms with Gasteiger partial charge in [0.05, 0.1) is 25.4 Å². The molecular formula is C10H19O5P. The first kappa shape index (κ1) is 13.9. The van der Waals surface area contributed by atoms with Gasteiger partial charge in [0.15, 0.2) is 0 Å². The van der Waals surface area contributed by atoms with E-state index in [-0.39, 0.29) is 12.5 Å². The number of hydrogen-bond acceptors (Lipinski definition) is 5. The second-order valence-corrected chi connectivity index (χ2v) is 5.47. The predicted molar refractivity (Wildman–Crippen MR) is 60.4 cm³/mol. The van der Waals surface area contributed by atoms with Gasteiger partial charge in [-0.25, -0.2) is 0 Å². The maximum absolute atomic E-state index is 12.0. The van der Waals surface area contributed by atoms with Crippen LogP contribution in [0.4, 0.5) is 0 Å². The molecule has 0 aromatic rings. The van der Waals surface area contributed by atoms with Gasteiger partial charge >= 0.3 is 7.60 Å². The van der Waals surface area contributed by atoms with Gasteiger partial charge in [-0.2, -0.15) is 0 Å². The fourth-order valence-electron chi connectivity index (χ4n) is 1.46. The van der Waals surface area contributed by atoms with Crippen molar-refractivity contribution in [3.05, 3.63) is 12.2 Å². The molecule has 5 nitrogen and oxygen atoms in total. The van der Waals surface area contributed by atoms with Gasteiger partial charge < -0.3 is 18.9 Å². The van der Waals surface area contributed by atoms with Crippen molar-refractivity contribution in [2.75, 3.05) is 19.6 Å². The Kier molecular flexibility index (Phi) is 5.66. The van der Waals surface area contributed by atoms with Crippen molar-refractivity contribution < 1.29 is 23.5 Å². The molecule has 1 aliphatic carbocycles. The molecule has 0 bridgehead atoms. The molecule has 2 atom stereocenters. The van der Waals surface area contributed by atoms with E-state index >= 15 is 0 Å². The van der Waals surface area contributed by atoms with Crippen LogP contribution in [0.15, 0.2) is 12.2 Å². The molecule has 0 spiro atoms. The SMILES string of the molecule is CCOP(=O)(CO[C@@H]1C=C[C@@H](O)C1)OCC. The van der Waals surface area contributed by atoms with Gasteiger partial charge in [0.1, 0.15) is 6.35 Å².